The van der Waals surface area contributed by atoms with E-state index in [0.29, 0.717) is 6.42 Å². The largest absolute Gasteiger partial charge is 0.466 e. The molecule has 0 radical (unpaired) electrons. The second-order valence-electron chi connectivity index (χ2n) is 2.34. The fraction of sp³-hybridized carbons (Fsp3) is 0.800. The third-order valence-electron chi connectivity index (χ3n) is 1.36. The van der Waals surface area contributed by atoms with Crippen LogP contribution in [-0.4, -0.2) is 24.1 Å². The highest BCUT2D eigenvalue weighted by Gasteiger charge is 2.33. The van der Waals surface area contributed by atoms with Crippen molar-refractivity contribution in [1.29, 1.82) is 0 Å². The first-order valence-corrected chi connectivity index (χ1v) is 3.77. The Labute approximate surface area is 80.5 Å². The van der Waals surface area contributed by atoms with E-state index in [-0.39, 0.29) is 19.1 Å². The molecule has 0 aromatic carbocycles. The molecule has 0 fully saturated rings. The second-order valence-corrected chi connectivity index (χ2v) is 2.34. The molecule has 0 aliphatic rings. The predicted molar refractivity (Wildman–Crippen MR) is 42.2 cm³/mol. The average molecular weight is 211 g/mol. The van der Waals surface area contributed by atoms with Crippen molar-refractivity contribution >= 4 is 5.97 Å². The lowest BCUT2D eigenvalue weighted by Gasteiger charge is -2.20. The Bertz CT molecular complexity index is 165. The fourth-order valence-corrected chi connectivity index (χ4v) is 0.707. The van der Waals surface area contributed by atoms with E-state index in [2.05, 4.69) is 19.6 Å². The lowest BCUT2D eigenvalue weighted by atomic mass is 10.4. The molecule has 0 aromatic heterocycles. The summed E-state index contributed by atoms with van der Waals surface area (Å²) in [5, 5.41) is 0. The molecule has 0 atom stereocenters. The van der Waals surface area contributed by atoms with Crippen LogP contribution in [0.3, 0.4) is 0 Å². The maximum Gasteiger partial charge on any atom is 0.302 e. The fourth-order valence-electron chi connectivity index (χ4n) is 0.707. The van der Waals surface area contributed by atoms with Gasteiger partial charge in [0, 0.05) is 13.3 Å². The lowest BCUT2D eigenvalue weighted by Crippen LogP contribution is -2.53. The lowest BCUT2D eigenvalue weighted by molar-refractivity contribution is -1.37. The Morgan fingerprint density at radius 3 is 2.07 bits per heavy atom. The summed E-state index contributed by atoms with van der Waals surface area (Å²) in [5.74, 6) is 14.1. The number of hydrogen-bond donors (Lipinski definition) is 3. The molecule has 0 amide bonds. The van der Waals surface area contributed by atoms with Gasteiger partial charge in [-0.3, -0.25) is 4.79 Å². The number of hydroxylamine groups is 3. The van der Waals surface area contributed by atoms with Gasteiger partial charge in [0.1, 0.15) is 0 Å². The molecule has 6 N–H and O–H groups in total. The molecule has 0 aromatic rings. The molecular weight excluding hydrogens is 196 g/mol. The first-order chi connectivity index (χ1) is 6.60. The summed E-state index contributed by atoms with van der Waals surface area (Å²) in [6.07, 6.45) is 0.352. The maximum atomic E-state index is 10.4. The van der Waals surface area contributed by atoms with Crippen molar-refractivity contribution in [2.75, 3.05) is 13.2 Å². The number of esters is 1. The van der Waals surface area contributed by atoms with Crippen molar-refractivity contribution in [2.24, 2.45) is 17.7 Å². The van der Waals surface area contributed by atoms with Crippen LogP contribution in [0, 0.1) is 0 Å². The Hall–Kier alpha value is -0.810. The number of rotatable bonds is 7. The van der Waals surface area contributed by atoms with Gasteiger partial charge in [0.05, 0.1) is 6.61 Å². The van der Waals surface area contributed by atoms with Gasteiger partial charge < -0.3 is 4.74 Å². The highest BCUT2D eigenvalue weighted by atomic mass is 17.3. The Morgan fingerprint density at radius 2 is 1.71 bits per heavy atom. The molecule has 0 saturated carbocycles. The zero-order chi connectivity index (χ0) is 11.0. The highest BCUT2D eigenvalue weighted by Crippen LogP contribution is 2.04. The molecule has 9 heteroatoms. The number of nitrogens with two attached hydrogens (primary N) is 3. The van der Waals surface area contributed by atoms with Crippen molar-refractivity contribution in [3.8, 4) is 0 Å². The van der Waals surface area contributed by atoms with E-state index in [0.717, 1.165) is 0 Å². The van der Waals surface area contributed by atoms with Crippen LogP contribution >= 0.6 is 0 Å². The highest BCUT2D eigenvalue weighted by molar-refractivity contribution is 5.65. The average Bonchev–Trinajstić information content (AvgIpc) is 2.19. The van der Waals surface area contributed by atoms with E-state index >= 15 is 0 Å². The molecule has 0 aliphatic heterocycles. The Kier molecular flexibility index (Phi) is 6.23. The van der Waals surface area contributed by atoms with E-state index < -0.39 is 4.97 Å². The Morgan fingerprint density at radius 1 is 1.21 bits per heavy atom. The molecule has 84 valence electrons. The van der Waals surface area contributed by atoms with Gasteiger partial charge in [0.25, 0.3) is 0 Å². The van der Waals surface area contributed by atoms with Crippen LogP contribution in [0.15, 0.2) is 0 Å². The number of nitrogens with zero attached hydrogens (tertiary/aromatic N) is 1. The second kappa shape index (κ2) is 6.62. The van der Waals surface area contributed by atoms with Crippen molar-refractivity contribution in [2.45, 2.75) is 13.3 Å². The molecule has 0 saturated heterocycles. The van der Waals surface area contributed by atoms with Crippen LogP contribution in [0.4, 0.5) is 0 Å². The monoisotopic (exact) mass is 211 g/mol. The summed E-state index contributed by atoms with van der Waals surface area (Å²) in [5.41, 5.74) is 0. The normalized spacial score (nSPS) is 11.4. The number of quaternary nitrogens is 1. The number of ether oxygens (including phenoxy) is 1. The van der Waals surface area contributed by atoms with E-state index in [1.807, 2.05) is 0 Å². The van der Waals surface area contributed by atoms with Crippen molar-refractivity contribution in [3.05, 3.63) is 0 Å². The minimum Gasteiger partial charge on any atom is -0.466 e. The summed E-state index contributed by atoms with van der Waals surface area (Å²) < 4.78 is 4.63. The molecule has 0 heterocycles. The minimum absolute atomic E-state index is 0.0663. The molecule has 0 bridgehead atoms. The van der Waals surface area contributed by atoms with Gasteiger partial charge >= 0.3 is 5.97 Å². The topological polar surface area (TPSA) is 132 Å². The maximum absolute atomic E-state index is 10.4. The number of hydrogen-bond acceptors (Lipinski definition) is 8. The van der Waals surface area contributed by atoms with Crippen LogP contribution in [0.2, 0.25) is 0 Å². The first kappa shape index (κ1) is 13.2. The summed E-state index contributed by atoms with van der Waals surface area (Å²) in [7, 11) is 0. The molecule has 9 nitrogen and oxygen atoms in total. The van der Waals surface area contributed by atoms with E-state index in [9.17, 15) is 4.79 Å². The quantitative estimate of drug-likeness (QED) is 0.194. The van der Waals surface area contributed by atoms with Crippen molar-refractivity contribution < 1.29 is 29.3 Å². The van der Waals surface area contributed by atoms with Crippen LogP contribution < -0.4 is 17.7 Å². The van der Waals surface area contributed by atoms with Crippen LogP contribution in [-0.2, 0) is 24.3 Å². The third-order valence-corrected chi connectivity index (χ3v) is 1.36. The predicted octanol–water partition coefficient (Wildman–Crippen LogP) is -1.83. The molecule has 14 heavy (non-hydrogen) atoms. The van der Waals surface area contributed by atoms with Gasteiger partial charge in [-0.15, -0.1) is 0 Å². The third kappa shape index (κ3) is 4.43. The standard InChI is InChI=1S/C5H15N4O5/c1-5(10)11-4-2-3-9(12-6,13-7)14-8/h2-4,6-8H2,1H3/q+1. The molecule has 0 spiro atoms. The summed E-state index contributed by atoms with van der Waals surface area (Å²) in [4.78, 5) is 22.1. The van der Waals surface area contributed by atoms with Crippen LogP contribution in [0.25, 0.3) is 0 Å². The van der Waals surface area contributed by atoms with Gasteiger partial charge in [-0.05, 0) is 14.8 Å². The summed E-state index contributed by atoms with van der Waals surface area (Å²) >= 11 is 0. The van der Waals surface area contributed by atoms with E-state index in [1.54, 1.807) is 0 Å². The smallest absolute Gasteiger partial charge is 0.302 e. The first-order valence-electron chi connectivity index (χ1n) is 3.77. The van der Waals surface area contributed by atoms with Crippen LogP contribution in [0.5, 0.6) is 0 Å². The van der Waals surface area contributed by atoms with Gasteiger partial charge in [-0.2, -0.15) is 17.7 Å². The van der Waals surface area contributed by atoms with Crippen molar-refractivity contribution in [3.63, 3.8) is 0 Å². The van der Waals surface area contributed by atoms with Gasteiger partial charge in [0.15, 0.2) is 11.5 Å². The van der Waals surface area contributed by atoms with Gasteiger partial charge in [-0.25, -0.2) is 0 Å². The SMILES string of the molecule is CC(=O)OCCC[N+](ON)(ON)ON. The molecule has 0 rings (SSSR count). The van der Waals surface area contributed by atoms with Crippen molar-refractivity contribution in [1.82, 2.24) is 0 Å². The van der Waals surface area contributed by atoms with Gasteiger partial charge in [-0.1, -0.05) is 0 Å². The molecule has 0 aliphatic carbocycles. The zero-order valence-corrected chi connectivity index (χ0v) is 7.84. The van der Waals surface area contributed by atoms with E-state index in [4.69, 9.17) is 17.7 Å². The number of carbonyl (C=O) groups is 1. The molecule has 0 unspecified atom stereocenters. The zero-order valence-electron chi connectivity index (χ0n) is 7.84. The van der Waals surface area contributed by atoms with Crippen LogP contribution in [0.1, 0.15) is 13.3 Å². The minimum atomic E-state index is -1.04. The van der Waals surface area contributed by atoms with E-state index in [1.165, 1.54) is 6.92 Å². The summed E-state index contributed by atoms with van der Waals surface area (Å²) in [6.45, 7) is 1.52. The molecular formula is C5H15N4O5+. The summed E-state index contributed by atoms with van der Waals surface area (Å²) in [6, 6.07) is 0. The number of carbonyl (C=O) groups excluding carboxylic acids is 1. The van der Waals surface area contributed by atoms with Gasteiger partial charge in [0.2, 0.25) is 0 Å². The Balaban J connectivity index is 3.77.